The molecule has 1 aliphatic rings. The van der Waals surface area contributed by atoms with E-state index in [2.05, 4.69) is 10.0 Å². The molecule has 1 aliphatic heterocycles. The zero-order valence-corrected chi connectivity index (χ0v) is 13.3. The first-order chi connectivity index (χ1) is 9.40. The first-order valence-electron chi connectivity index (χ1n) is 7.21. The molecule has 1 saturated heterocycles. The summed E-state index contributed by atoms with van der Waals surface area (Å²) in [4.78, 5) is 0.433. The van der Waals surface area contributed by atoms with Crippen molar-refractivity contribution in [2.24, 2.45) is 0 Å². The Kier molecular flexibility index (Phi) is 4.83. The third-order valence-corrected chi connectivity index (χ3v) is 5.59. The van der Waals surface area contributed by atoms with Gasteiger partial charge in [-0.3, -0.25) is 0 Å². The zero-order valence-electron chi connectivity index (χ0n) is 12.5. The summed E-state index contributed by atoms with van der Waals surface area (Å²) in [6.07, 6.45) is 3.18. The van der Waals surface area contributed by atoms with Crippen LogP contribution >= 0.6 is 0 Å². The van der Waals surface area contributed by atoms with Gasteiger partial charge in [0.15, 0.2) is 0 Å². The molecule has 20 heavy (non-hydrogen) atoms. The van der Waals surface area contributed by atoms with Crippen LogP contribution in [-0.2, 0) is 10.0 Å². The van der Waals surface area contributed by atoms with Gasteiger partial charge in [-0.25, -0.2) is 13.1 Å². The molecule has 0 aromatic heterocycles. The van der Waals surface area contributed by atoms with Gasteiger partial charge < -0.3 is 5.32 Å². The maximum absolute atomic E-state index is 12.4. The van der Waals surface area contributed by atoms with Crippen molar-refractivity contribution in [3.8, 4) is 0 Å². The highest BCUT2D eigenvalue weighted by Gasteiger charge is 2.20. The third-order valence-electron chi connectivity index (χ3n) is 3.82. The molecule has 5 heteroatoms. The molecule has 0 saturated carbocycles. The minimum absolute atomic E-state index is 0.433. The van der Waals surface area contributed by atoms with Gasteiger partial charge >= 0.3 is 0 Å². The van der Waals surface area contributed by atoms with Crippen LogP contribution in [-0.4, -0.2) is 27.5 Å². The van der Waals surface area contributed by atoms with Crippen LogP contribution in [0.5, 0.6) is 0 Å². The van der Waals surface area contributed by atoms with Crippen LogP contribution < -0.4 is 10.0 Å². The molecule has 112 valence electrons. The molecule has 2 rings (SSSR count). The molecule has 4 nitrogen and oxygen atoms in total. The molecule has 0 aliphatic carbocycles. The predicted molar refractivity (Wildman–Crippen MR) is 81.5 cm³/mol. The summed E-state index contributed by atoms with van der Waals surface area (Å²) >= 11 is 0. The van der Waals surface area contributed by atoms with E-state index in [0.29, 0.717) is 17.5 Å². The zero-order chi connectivity index (χ0) is 14.8. The normalized spacial score (nSPS) is 19.4. The molecule has 0 unspecified atom stereocenters. The largest absolute Gasteiger partial charge is 0.314 e. The molecular formula is C15H24N2O2S. The van der Waals surface area contributed by atoms with Gasteiger partial charge in [0.25, 0.3) is 0 Å². The lowest BCUT2D eigenvalue weighted by molar-refractivity contribution is 0.539. The summed E-state index contributed by atoms with van der Waals surface area (Å²) in [6, 6.07) is 4.29. The summed E-state index contributed by atoms with van der Waals surface area (Å²) in [5, 5.41) is 3.38. The summed E-state index contributed by atoms with van der Waals surface area (Å²) in [6.45, 7) is 7.23. The first-order valence-corrected chi connectivity index (χ1v) is 8.69. The number of hydrogen-bond donors (Lipinski definition) is 2. The molecule has 0 amide bonds. The van der Waals surface area contributed by atoms with Crippen molar-refractivity contribution in [2.75, 3.05) is 13.1 Å². The Balaban J connectivity index is 2.06. The molecule has 0 bridgehead atoms. The predicted octanol–water partition coefficient (Wildman–Crippen LogP) is 2.03. The number of nitrogens with one attached hydrogen (secondary N) is 2. The lowest BCUT2D eigenvalue weighted by atomic mass is 10.1. The quantitative estimate of drug-likeness (QED) is 0.874. The smallest absolute Gasteiger partial charge is 0.241 e. The highest BCUT2D eigenvalue weighted by atomic mass is 32.2. The maximum atomic E-state index is 12.4. The molecule has 0 spiro atoms. The molecule has 1 aromatic rings. The van der Waals surface area contributed by atoms with Gasteiger partial charge in [0.1, 0.15) is 0 Å². The van der Waals surface area contributed by atoms with Crippen LogP contribution in [0.25, 0.3) is 0 Å². The van der Waals surface area contributed by atoms with Crippen molar-refractivity contribution >= 4 is 10.0 Å². The Labute approximate surface area is 122 Å². The fourth-order valence-corrected chi connectivity index (χ4v) is 4.53. The fourth-order valence-electron chi connectivity index (χ4n) is 3.03. The van der Waals surface area contributed by atoms with E-state index in [4.69, 9.17) is 0 Å². The lowest BCUT2D eigenvalue weighted by Gasteiger charge is -2.14. The van der Waals surface area contributed by atoms with Gasteiger partial charge in [-0.2, -0.15) is 0 Å². The Morgan fingerprint density at radius 1 is 1.25 bits per heavy atom. The molecule has 0 radical (unpaired) electrons. The van der Waals surface area contributed by atoms with E-state index in [0.717, 1.165) is 36.1 Å². The topological polar surface area (TPSA) is 58.2 Å². The molecule has 1 aromatic carbocycles. The van der Waals surface area contributed by atoms with Crippen LogP contribution in [0.3, 0.4) is 0 Å². The minimum atomic E-state index is -3.41. The van der Waals surface area contributed by atoms with E-state index in [1.165, 1.54) is 6.42 Å². The Morgan fingerprint density at radius 3 is 2.45 bits per heavy atom. The SMILES string of the molecule is Cc1cc(C)c(S(=O)(=O)NCC[C@@H]2CCCN2)c(C)c1. The minimum Gasteiger partial charge on any atom is -0.314 e. The number of rotatable bonds is 5. The molecule has 1 fully saturated rings. The average molecular weight is 296 g/mol. The number of aryl methyl sites for hydroxylation is 3. The Hall–Kier alpha value is -0.910. The van der Waals surface area contributed by atoms with E-state index < -0.39 is 10.0 Å². The van der Waals surface area contributed by atoms with Crippen molar-refractivity contribution in [1.29, 1.82) is 0 Å². The molecular weight excluding hydrogens is 272 g/mol. The summed E-state index contributed by atoms with van der Waals surface area (Å²) in [7, 11) is -3.41. The first kappa shape index (κ1) is 15.5. The molecule has 1 heterocycles. The van der Waals surface area contributed by atoms with Gasteiger partial charge in [-0.05, 0) is 57.7 Å². The van der Waals surface area contributed by atoms with Gasteiger partial charge in [-0.15, -0.1) is 0 Å². The summed E-state index contributed by atoms with van der Waals surface area (Å²) in [5.74, 6) is 0. The van der Waals surface area contributed by atoms with Gasteiger partial charge in [0.05, 0.1) is 4.90 Å². The van der Waals surface area contributed by atoms with Crippen LogP contribution in [0.4, 0.5) is 0 Å². The second-order valence-corrected chi connectivity index (χ2v) is 7.41. The second kappa shape index (κ2) is 6.24. The van der Waals surface area contributed by atoms with Crippen LogP contribution in [0.1, 0.15) is 36.0 Å². The van der Waals surface area contributed by atoms with Crippen LogP contribution in [0, 0.1) is 20.8 Å². The van der Waals surface area contributed by atoms with E-state index in [-0.39, 0.29) is 0 Å². The van der Waals surface area contributed by atoms with Crippen molar-refractivity contribution in [2.45, 2.75) is 51.0 Å². The monoisotopic (exact) mass is 296 g/mol. The number of hydrogen-bond acceptors (Lipinski definition) is 3. The lowest BCUT2D eigenvalue weighted by Crippen LogP contribution is -2.31. The maximum Gasteiger partial charge on any atom is 0.241 e. The standard InChI is InChI=1S/C15H24N2O2S/c1-11-9-12(2)15(13(3)10-11)20(18,19)17-8-6-14-5-4-7-16-14/h9-10,14,16-17H,4-8H2,1-3H3/t14-/m0/s1. The van der Waals surface area contributed by atoms with E-state index >= 15 is 0 Å². The molecule has 2 N–H and O–H groups in total. The highest BCUT2D eigenvalue weighted by Crippen LogP contribution is 2.21. The summed E-state index contributed by atoms with van der Waals surface area (Å²) < 4.78 is 27.6. The Bertz CT molecular complexity index is 553. The fraction of sp³-hybridized carbons (Fsp3) is 0.600. The van der Waals surface area contributed by atoms with Crippen LogP contribution in [0.2, 0.25) is 0 Å². The average Bonchev–Trinajstić information content (AvgIpc) is 2.79. The second-order valence-electron chi connectivity index (χ2n) is 5.71. The van der Waals surface area contributed by atoms with Crippen LogP contribution in [0.15, 0.2) is 17.0 Å². The van der Waals surface area contributed by atoms with Gasteiger partial charge in [0.2, 0.25) is 10.0 Å². The molecule has 1 atom stereocenters. The van der Waals surface area contributed by atoms with Crippen molar-refractivity contribution in [3.05, 3.63) is 28.8 Å². The van der Waals surface area contributed by atoms with E-state index in [1.54, 1.807) is 0 Å². The summed E-state index contributed by atoms with van der Waals surface area (Å²) in [5.41, 5.74) is 2.72. The Morgan fingerprint density at radius 2 is 1.90 bits per heavy atom. The number of benzene rings is 1. The van der Waals surface area contributed by atoms with Crippen molar-refractivity contribution in [1.82, 2.24) is 10.0 Å². The third kappa shape index (κ3) is 3.59. The van der Waals surface area contributed by atoms with Gasteiger partial charge in [-0.1, -0.05) is 17.7 Å². The van der Waals surface area contributed by atoms with E-state index in [9.17, 15) is 8.42 Å². The van der Waals surface area contributed by atoms with Gasteiger partial charge in [0, 0.05) is 12.6 Å². The van der Waals surface area contributed by atoms with Crippen molar-refractivity contribution in [3.63, 3.8) is 0 Å². The van der Waals surface area contributed by atoms with E-state index in [1.807, 2.05) is 32.9 Å². The van der Waals surface area contributed by atoms with Crippen molar-refractivity contribution < 1.29 is 8.42 Å². The highest BCUT2D eigenvalue weighted by molar-refractivity contribution is 7.89. The number of sulfonamides is 1.